The van der Waals surface area contributed by atoms with E-state index >= 15 is 0 Å². The minimum atomic E-state index is -1.28. The first-order valence-corrected chi connectivity index (χ1v) is 17.2. The highest BCUT2D eigenvalue weighted by molar-refractivity contribution is 5.94. The van der Waals surface area contributed by atoms with Crippen LogP contribution in [0.1, 0.15) is 69.9 Å². The van der Waals surface area contributed by atoms with Crippen LogP contribution in [0.5, 0.6) is 0 Å². The predicted molar refractivity (Wildman–Crippen MR) is 189 cm³/mol. The number of aliphatic carboxylic acids is 2. The van der Waals surface area contributed by atoms with Crippen LogP contribution in [-0.2, 0) is 41.7 Å². The fourth-order valence-corrected chi connectivity index (χ4v) is 5.14. The third-order valence-corrected chi connectivity index (χ3v) is 8.40. The topological polar surface area (TPSA) is 252 Å². The second-order valence-electron chi connectivity index (χ2n) is 12.4. The van der Waals surface area contributed by atoms with Crippen molar-refractivity contribution in [2.45, 2.75) is 102 Å². The minimum absolute atomic E-state index is 0.0114. The highest BCUT2D eigenvalue weighted by Crippen LogP contribution is 2.13. The predicted octanol–water partition coefficient (Wildman–Crippen LogP) is 1.82. The number of ether oxygens (including phenoxy) is 1. The van der Waals surface area contributed by atoms with E-state index in [0.717, 1.165) is 5.56 Å². The number of esters is 1. The molecule has 6 atom stereocenters. The molecule has 0 aliphatic carbocycles. The Bertz CT molecular complexity index is 1410. The zero-order chi connectivity index (χ0) is 37.8. The van der Waals surface area contributed by atoms with Crippen molar-refractivity contribution >= 4 is 35.8 Å². The average molecular weight is 713 g/mol. The number of nitrogens with two attached hydrogens (primary N) is 2. The molecule has 15 nitrogen and oxygen atoms in total. The summed E-state index contributed by atoms with van der Waals surface area (Å²) >= 11 is 0. The second kappa shape index (κ2) is 22.6. The fraction of sp³-hybridized carbons (Fsp3) is 0.500. The summed E-state index contributed by atoms with van der Waals surface area (Å²) in [5.74, 6) is -5.10. The average Bonchev–Trinajstić information content (AvgIpc) is 3.11. The Morgan fingerprint density at radius 2 is 1.27 bits per heavy atom. The molecule has 0 aliphatic heterocycles. The molecule has 280 valence electrons. The van der Waals surface area contributed by atoms with Crippen LogP contribution in [0.2, 0.25) is 0 Å². The summed E-state index contributed by atoms with van der Waals surface area (Å²) in [5, 5.41) is 29.5. The highest BCUT2D eigenvalue weighted by atomic mass is 16.5. The number of carboxylic acid groups (broad SMARTS) is 2. The normalized spacial score (nSPS) is 14.4. The quantitative estimate of drug-likeness (QED) is 0.0609. The van der Waals surface area contributed by atoms with Gasteiger partial charge in [0.1, 0.15) is 36.8 Å². The first-order chi connectivity index (χ1) is 24.4. The molecule has 51 heavy (non-hydrogen) atoms. The van der Waals surface area contributed by atoms with Crippen LogP contribution >= 0.6 is 0 Å². The van der Waals surface area contributed by atoms with E-state index in [1.807, 2.05) is 6.07 Å². The van der Waals surface area contributed by atoms with E-state index in [1.54, 1.807) is 68.4 Å². The molecular weight excluding hydrogens is 660 g/mol. The summed E-state index contributed by atoms with van der Waals surface area (Å²) in [6, 6.07) is 10.9. The monoisotopic (exact) mass is 712 g/mol. The van der Waals surface area contributed by atoms with Crippen LogP contribution in [0.15, 0.2) is 60.7 Å². The largest absolute Gasteiger partial charge is 0.480 e. The Morgan fingerprint density at radius 1 is 0.706 bits per heavy atom. The smallest absolute Gasteiger partial charge is 0.326 e. The van der Waals surface area contributed by atoms with Crippen LogP contribution in [0.4, 0.5) is 4.79 Å². The van der Waals surface area contributed by atoms with Crippen molar-refractivity contribution in [3.63, 3.8) is 0 Å². The Balaban J connectivity index is 2.18. The van der Waals surface area contributed by atoms with Crippen molar-refractivity contribution in [1.29, 1.82) is 0 Å². The molecule has 1 unspecified atom stereocenters. The lowest BCUT2D eigenvalue weighted by molar-refractivity contribution is -0.146. The standard InChI is InChI=1S/C36H52N6O9/c1-3-23(2)30(32(44)39-29(34(47)48)21-24-13-6-4-7-14-24)42-31(43)27(40-36(50)41-28(33(45)46)18-10-11-20-37)19-12-17-26(38)35(49)51-22-25-15-8-5-9-16-25/h4-9,13-16,23,26-30H,3,10-12,17-22,37-38H2,1-2H3,(H,39,44)(H,42,43)(H,45,46)(H,47,48)(H2,40,41,50)/t23-,26?,27-,28+,29+,30+/m1/s1. The van der Waals surface area contributed by atoms with Crippen LogP contribution in [-0.4, -0.2) is 82.7 Å². The number of hydrogen-bond donors (Lipinski definition) is 8. The molecule has 0 saturated heterocycles. The summed E-state index contributed by atoms with van der Waals surface area (Å²) in [6.07, 6.45) is 1.78. The number of carboxylic acids is 2. The summed E-state index contributed by atoms with van der Waals surface area (Å²) in [5.41, 5.74) is 13.0. The summed E-state index contributed by atoms with van der Waals surface area (Å²) < 4.78 is 5.30. The molecule has 2 aromatic carbocycles. The van der Waals surface area contributed by atoms with Gasteiger partial charge in [-0.3, -0.25) is 14.4 Å². The number of nitrogens with one attached hydrogen (secondary N) is 4. The van der Waals surface area contributed by atoms with E-state index in [4.69, 9.17) is 16.2 Å². The van der Waals surface area contributed by atoms with Gasteiger partial charge in [0.05, 0.1) is 0 Å². The Hall–Kier alpha value is -5.02. The molecule has 15 heteroatoms. The zero-order valence-electron chi connectivity index (χ0n) is 29.2. The molecule has 2 rings (SSSR count). The van der Waals surface area contributed by atoms with Gasteiger partial charge in [-0.05, 0) is 62.1 Å². The van der Waals surface area contributed by atoms with Crippen molar-refractivity contribution in [2.24, 2.45) is 17.4 Å². The Labute approximate surface area is 298 Å². The van der Waals surface area contributed by atoms with E-state index in [-0.39, 0.29) is 38.7 Å². The summed E-state index contributed by atoms with van der Waals surface area (Å²) in [6.45, 7) is 3.90. The molecule has 4 amide bonds. The molecule has 0 aromatic heterocycles. The van der Waals surface area contributed by atoms with E-state index in [2.05, 4.69) is 21.3 Å². The molecule has 0 radical (unpaired) electrons. The van der Waals surface area contributed by atoms with Gasteiger partial charge in [-0.1, -0.05) is 80.9 Å². The SMILES string of the molecule is CC[C@@H](C)[C@H](NC(=O)[C@@H](CCCC(N)C(=O)OCc1ccccc1)NC(=O)N[C@@H](CCCCN)C(=O)O)C(=O)N[C@@H](Cc1ccccc1)C(=O)O. The van der Waals surface area contributed by atoms with Gasteiger partial charge in [-0.25, -0.2) is 14.4 Å². The zero-order valence-corrected chi connectivity index (χ0v) is 29.2. The van der Waals surface area contributed by atoms with Gasteiger partial charge in [0.25, 0.3) is 0 Å². The molecule has 2 aromatic rings. The van der Waals surface area contributed by atoms with Gasteiger partial charge in [-0.2, -0.15) is 0 Å². The summed E-state index contributed by atoms with van der Waals surface area (Å²) in [7, 11) is 0. The summed E-state index contributed by atoms with van der Waals surface area (Å²) in [4.78, 5) is 76.6. The van der Waals surface area contributed by atoms with Crippen LogP contribution in [0, 0.1) is 5.92 Å². The molecule has 0 fully saturated rings. The number of carbonyl (C=O) groups excluding carboxylic acids is 4. The van der Waals surface area contributed by atoms with Crippen molar-refractivity contribution in [3.8, 4) is 0 Å². The molecule has 0 bridgehead atoms. The van der Waals surface area contributed by atoms with E-state index in [9.17, 15) is 39.0 Å². The van der Waals surface area contributed by atoms with Crippen LogP contribution in [0.25, 0.3) is 0 Å². The van der Waals surface area contributed by atoms with Gasteiger partial charge in [0.15, 0.2) is 0 Å². The number of rotatable bonds is 23. The first-order valence-electron chi connectivity index (χ1n) is 17.2. The van der Waals surface area contributed by atoms with Crippen molar-refractivity contribution in [3.05, 3.63) is 71.8 Å². The molecule has 0 aliphatic rings. The number of benzene rings is 2. The third kappa shape index (κ3) is 15.6. The van der Waals surface area contributed by atoms with Crippen molar-refractivity contribution in [1.82, 2.24) is 21.3 Å². The maximum atomic E-state index is 13.7. The Morgan fingerprint density at radius 3 is 1.84 bits per heavy atom. The van der Waals surface area contributed by atoms with Crippen LogP contribution in [0.3, 0.4) is 0 Å². The lowest BCUT2D eigenvalue weighted by atomic mass is 9.96. The van der Waals surface area contributed by atoms with Gasteiger partial charge in [0.2, 0.25) is 11.8 Å². The highest BCUT2D eigenvalue weighted by Gasteiger charge is 2.33. The van der Waals surface area contributed by atoms with E-state index < -0.39 is 71.9 Å². The van der Waals surface area contributed by atoms with Crippen LogP contribution < -0.4 is 32.7 Å². The third-order valence-electron chi connectivity index (χ3n) is 8.40. The Kier molecular flexibility index (Phi) is 18.7. The van der Waals surface area contributed by atoms with Gasteiger partial charge in [0, 0.05) is 6.42 Å². The number of hydrogen-bond acceptors (Lipinski definition) is 9. The fourth-order valence-electron chi connectivity index (χ4n) is 5.14. The molecule has 0 heterocycles. The molecule has 10 N–H and O–H groups in total. The number of urea groups is 1. The first kappa shape index (κ1) is 42.1. The minimum Gasteiger partial charge on any atom is -0.480 e. The van der Waals surface area contributed by atoms with Gasteiger partial charge >= 0.3 is 23.9 Å². The molecule has 0 saturated carbocycles. The van der Waals surface area contributed by atoms with Crippen molar-refractivity contribution in [2.75, 3.05) is 6.54 Å². The van der Waals surface area contributed by atoms with Gasteiger partial charge in [-0.15, -0.1) is 0 Å². The maximum absolute atomic E-state index is 13.7. The van der Waals surface area contributed by atoms with Crippen molar-refractivity contribution < 1.29 is 43.7 Å². The van der Waals surface area contributed by atoms with E-state index in [0.29, 0.717) is 31.4 Å². The second-order valence-corrected chi connectivity index (χ2v) is 12.4. The van der Waals surface area contributed by atoms with Gasteiger partial charge < -0.3 is 47.7 Å². The number of amides is 4. The lowest BCUT2D eigenvalue weighted by Crippen LogP contribution is -2.59. The number of unbranched alkanes of at least 4 members (excludes halogenated alkanes) is 1. The van der Waals surface area contributed by atoms with E-state index in [1.165, 1.54) is 0 Å². The molecular formula is C36H52N6O9. The lowest BCUT2D eigenvalue weighted by Gasteiger charge is -2.28. The molecule has 0 spiro atoms. The maximum Gasteiger partial charge on any atom is 0.326 e. The number of carbonyl (C=O) groups is 6.